The maximum atomic E-state index is 8.72. The zero-order chi connectivity index (χ0) is 11.5. The van der Waals surface area contributed by atoms with Crippen molar-refractivity contribution in [1.82, 2.24) is 14.8 Å². The summed E-state index contributed by atoms with van der Waals surface area (Å²) in [6.07, 6.45) is 1.72. The lowest BCUT2D eigenvalue weighted by molar-refractivity contribution is 0.604. The van der Waals surface area contributed by atoms with Crippen molar-refractivity contribution in [2.45, 2.75) is 19.9 Å². The van der Waals surface area contributed by atoms with Crippen molar-refractivity contribution >= 4 is 0 Å². The standard InChI is InChI=1S/C12H12N4/c1-9(2)16-8-14-15-12(16)11-5-3-10(7-13)4-6-11/h3-6,8-9H,1-2H3. The van der Waals surface area contributed by atoms with Gasteiger partial charge in [-0.15, -0.1) is 10.2 Å². The van der Waals surface area contributed by atoms with Crippen LogP contribution in [0.25, 0.3) is 11.4 Å². The third-order valence-corrected chi connectivity index (χ3v) is 2.40. The van der Waals surface area contributed by atoms with Gasteiger partial charge in [0.15, 0.2) is 5.82 Å². The van der Waals surface area contributed by atoms with Crippen LogP contribution in [0.3, 0.4) is 0 Å². The molecule has 0 aliphatic heterocycles. The van der Waals surface area contributed by atoms with Gasteiger partial charge in [-0.25, -0.2) is 0 Å². The van der Waals surface area contributed by atoms with E-state index in [1.54, 1.807) is 18.5 Å². The van der Waals surface area contributed by atoms with Crippen LogP contribution in [0.2, 0.25) is 0 Å². The molecule has 0 bridgehead atoms. The Hall–Kier alpha value is -2.15. The molecule has 0 amide bonds. The predicted molar refractivity (Wildman–Crippen MR) is 60.6 cm³/mol. The summed E-state index contributed by atoms with van der Waals surface area (Å²) in [5.74, 6) is 0.833. The minimum Gasteiger partial charge on any atom is -0.311 e. The van der Waals surface area contributed by atoms with Crippen LogP contribution in [-0.4, -0.2) is 14.8 Å². The van der Waals surface area contributed by atoms with Crippen LogP contribution in [0.4, 0.5) is 0 Å². The van der Waals surface area contributed by atoms with Gasteiger partial charge in [0.1, 0.15) is 6.33 Å². The number of rotatable bonds is 2. The number of aromatic nitrogens is 3. The van der Waals surface area contributed by atoms with E-state index in [4.69, 9.17) is 5.26 Å². The summed E-state index contributed by atoms with van der Waals surface area (Å²) in [6, 6.07) is 9.77. The Morgan fingerprint density at radius 1 is 1.25 bits per heavy atom. The number of nitriles is 1. The number of benzene rings is 1. The topological polar surface area (TPSA) is 54.5 Å². The number of nitrogens with zero attached hydrogens (tertiary/aromatic N) is 4. The van der Waals surface area contributed by atoms with Crippen molar-refractivity contribution in [2.24, 2.45) is 0 Å². The third kappa shape index (κ3) is 1.80. The molecule has 0 radical (unpaired) electrons. The summed E-state index contributed by atoms with van der Waals surface area (Å²) in [6.45, 7) is 4.16. The van der Waals surface area contributed by atoms with Crippen molar-refractivity contribution in [3.05, 3.63) is 36.2 Å². The second kappa shape index (κ2) is 4.15. The first-order valence-corrected chi connectivity index (χ1v) is 5.12. The van der Waals surface area contributed by atoms with E-state index in [0.29, 0.717) is 11.6 Å². The molecule has 0 saturated carbocycles. The van der Waals surface area contributed by atoms with Gasteiger partial charge in [0.25, 0.3) is 0 Å². The summed E-state index contributed by atoms with van der Waals surface area (Å²) in [5, 5.41) is 16.7. The second-order valence-electron chi connectivity index (χ2n) is 3.84. The van der Waals surface area contributed by atoms with Gasteiger partial charge < -0.3 is 4.57 Å². The lowest BCUT2D eigenvalue weighted by Gasteiger charge is -2.09. The van der Waals surface area contributed by atoms with Crippen LogP contribution in [0.1, 0.15) is 25.5 Å². The van der Waals surface area contributed by atoms with E-state index >= 15 is 0 Å². The van der Waals surface area contributed by atoms with Crippen molar-refractivity contribution in [3.8, 4) is 17.5 Å². The summed E-state index contributed by atoms with van der Waals surface area (Å²) < 4.78 is 2.00. The SMILES string of the molecule is CC(C)n1cnnc1-c1ccc(C#N)cc1. The van der Waals surface area contributed by atoms with Gasteiger partial charge in [0.2, 0.25) is 0 Å². The molecule has 2 aromatic rings. The Kier molecular flexibility index (Phi) is 2.69. The summed E-state index contributed by atoms with van der Waals surface area (Å²) in [4.78, 5) is 0. The van der Waals surface area contributed by atoms with E-state index in [0.717, 1.165) is 11.4 Å². The van der Waals surface area contributed by atoms with Gasteiger partial charge >= 0.3 is 0 Å². The lowest BCUT2D eigenvalue weighted by Crippen LogP contribution is -2.01. The minimum absolute atomic E-state index is 0.320. The maximum Gasteiger partial charge on any atom is 0.163 e. The molecule has 0 unspecified atom stereocenters. The van der Waals surface area contributed by atoms with Crippen molar-refractivity contribution in [1.29, 1.82) is 5.26 Å². The Bertz CT molecular complexity index is 517. The monoisotopic (exact) mass is 212 g/mol. The van der Waals surface area contributed by atoms with E-state index in [9.17, 15) is 0 Å². The van der Waals surface area contributed by atoms with Crippen LogP contribution < -0.4 is 0 Å². The summed E-state index contributed by atoms with van der Waals surface area (Å²) in [7, 11) is 0. The van der Waals surface area contributed by atoms with E-state index in [1.807, 2.05) is 16.7 Å². The minimum atomic E-state index is 0.320. The summed E-state index contributed by atoms with van der Waals surface area (Å²) >= 11 is 0. The zero-order valence-electron chi connectivity index (χ0n) is 9.25. The average Bonchev–Trinajstić information content (AvgIpc) is 2.78. The molecule has 16 heavy (non-hydrogen) atoms. The molecule has 0 aliphatic carbocycles. The van der Waals surface area contributed by atoms with Gasteiger partial charge in [0, 0.05) is 11.6 Å². The molecule has 1 aromatic heterocycles. The van der Waals surface area contributed by atoms with Gasteiger partial charge in [-0.2, -0.15) is 5.26 Å². The molecule has 4 heteroatoms. The van der Waals surface area contributed by atoms with Gasteiger partial charge in [-0.1, -0.05) is 0 Å². The predicted octanol–water partition coefficient (Wildman–Crippen LogP) is 2.40. The fourth-order valence-electron chi connectivity index (χ4n) is 1.52. The Morgan fingerprint density at radius 2 is 1.94 bits per heavy atom. The first-order valence-electron chi connectivity index (χ1n) is 5.12. The maximum absolute atomic E-state index is 8.72. The molecule has 0 saturated heterocycles. The van der Waals surface area contributed by atoms with E-state index in [-0.39, 0.29) is 0 Å². The highest BCUT2D eigenvalue weighted by Crippen LogP contribution is 2.20. The third-order valence-electron chi connectivity index (χ3n) is 2.40. The highest BCUT2D eigenvalue weighted by molar-refractivity contribution is 5.56. The number of hydrogen-bond acceptors (Lipinski definition) is 3. The van der Waals surface area contributed by atoms with Gasteiger partial charge in [-0.05, 0) is 38.1 Å². The van der Waals surface area contributed by atoms with Gasteiger partial charge in [0.05, 0.1) is 11.6 Å². The van der Waals surface area contributed by atoms with E-state index in [1.165, 1.54) is 0 Å². The largest absolute Gasteiger partial charge is 0.311 e. The molecule has 2 rings (SSSR count). The van der Waals surface area contributed by atoms with Crippen molar-refractivity contribution in [2.75, 3.05) is 0 Å². The first-order chi connectivity index (χ1) is 7.72. The Labute approximate surface area is 94.2 Å². The summed E-state index contributed by atoms with van der Waals surface area (Å²) in [5.41, 5.74) is 1.63. The molecule has 0 fully saturated rings. The normalized spacial score (nSPS) is 10.4. The Balaban J connectivity index is 2.43. The van der Waals surface area contributed by atoms with Gasteiger partial charge in [-0.3, -0.25) is 0 Å². The van der Waals surface area contributed by atoms with Crippen LogP contribution in [0.5, 0.6) is 0 Å². The number of hydrogen-bond donors (Lipinski definition) is 0. The molecule has 0 atom stereocenters. The first kappa shape index (κ1) is 10.4. The fourth-order valence-corrected chi connectivity index (χ4v) is 1.52. The lowest BCUT2D eigenvalue weighted by atomic mass is 10.1. The molecule has 1 aromatic carbocycles. The molecule has 0 N–H and O–H groups in total. The highest BCUT2D eigenvalue weighted by Gasteiger charge is 2.09. The van der Waals surface area contributed by atoms with Crippen LogP contribution in [0, 0.1) is 11.3 Å². The van der Waals surface area contributed by atoms with Crippen LogP contribution >= 0.6 is 0 Å². The quantitative estimate of drug-likeness (QED) is 0.768. The van der Waals surface area contributed by atoms with Crippen LogP contribution in [0.15, 0.2) is 30.6 Å². The second-order valence-corrected chi connectivity index (χ2v) is 3.84. The molecular formula is C12H12N4. The average molecular weight is 212 g/mol. The molecule has 0 aliphatic rings. The highest BCUT2D eigenvalue weighted by atomic mass is 15.3. The smallest absolute Gasteiger partial charge is 0.163 e. The molecule has 1 heterocycles. The molecule has 0 spiro atoms. The molecule has 80 valence electrons. The van der Waals surface area contributed by atoms with E-state index < -0.39 is 0 Å². The fraction of sp³-hybridized carbons (Fsp3) is 0.250. The van der Waals surface area contributed by atoms with Crippen molar-refractivity contribution in [3.63, 3.8) is 0 Å². The molecular weight excluding hydrogens is 200 g/mol. The van der Waals surface area contributed by atoms with Crippen LogP contribution in [-0.2, 0) is 0 Å². The van der Waals surface area contributed by atoms with Crippen molar-refractivity contribution < 1.29 is 0 Å². The Morgan fingerprint density at radius 3 is 2.50 bits per heavy atom. The zero-order valence-corrected chi connectivity index (χ0v) is 9.25. The molecule has 4 nitrogen and oxygen atoms in total. The van der Waals surface area contributed by atoms with E-state index in [2.05, 4.69) is 30.1 Å².